The summed E-state index contributed by atoms with van der Waals surface area (Å²) in [6, 6.07) is 7.13. The average Bonchev–Trinajstić information content (AvgIpc) is 2.74. The van der Waals surface area contributed by atoms with Crippen LogP contribution in [0.25, 0.3) is 0 Å². The third-order valence-electron chi connectivity index (χ3n) is 5.52. The van der Waals surface area contributed by atoms with Gasteiger partial charge in [0.25, 0.3) is 5.56 Å². The van der Waals surface area contributed by atoms with Gasteiger partial charge in [0.2, 0.25) is 11.8 Å². The van der Waals surface area contributed by atoms with Gasteiger partial charge >= 0.3 is 5.69 Å². The maximum atomic E-state index is 13.7. The smallest absolute Gasteiger partial charge is 0.330 e. The Balaban J connectivity index is 2.10. The number of benzene rings is 1. The van der Waals surface area contributed by atoms with Crippen molar-refractivity contribution in [2.45, 2.75) is 58.4 Å². The molecule has 2 amide bonds. The van der Waals surface area contributed by atoms with Crippen LogP contribution in [0.3, 0.4) is 0 Å². The molecule has 4 N–H and O–H groups in total. The van der Waals surface area contributed by atoms with Crippen LogP contribution in [-0.2, 0) is 16.1 Å². The van der Waals surface area contributed by atoms with Crippen molar-refractivity contribution >= 4 is 29.0 Å². The van der Waals surface area contributed by atoms with Crippen LogP contribution in [0.5, 0.6) is 0 Å². The van der Waals surface area contributed by atoms with Gasteiger partial charge in [0.05, 0.1) is 5.92 Å². The molecule has 9 heteroatoms. The van der Waals surface area contributed by atoms with Gasteiger partial charge < -0.3 is 16.0 Å². The molecule has 166 valence electrons. The van der Waals surface area contributed by atoms with Gasteiger partial charge in [0.1, 0.15) is 5.82 Å². The van der Waals surface area contributed by atoms with E-state index in [4.69, 9.17) is 5.73 Å². The highest BCUT2D eigenvalue weighted by Gasteiger charge is 2.35. The van der Waals surface area contributed by atoms with Gasteiger partial charge in [-0.3, -0.25) is 23.9 Å². The van der Waals surface area contributed by atoms with Crippen LogP contribution in [0.2, 0.25) is 0 Å². The minimum absolute atomic E-state index is 0.0221. The summed E-state index contributed by atoms with van der Waals surface area (Å²) in [6.07, 6.45) is 2.95. The van der Waals surface area contributed by atoms with Gasteiger partial charge in [0.15, 0.2) is 5.69 Å². The van der Waals surface area contributed by atoms with Crippen LogP contribution in [0.4, 0.5) is 17.2 Å². The zero-order chi connectivity index (χ0) is 22.5. The summed E-state index contributed by atoms with van der Waals surface area (Å²) in [5.74, 6) is -1.41. The van der Waals surface area contributed by atoms with E-state index in [2.05, 4.69) is 10.3 Å². The van der Waals surface area contributed by atoms with Gasteiger partial charge in [0, 0.05) is 25.2 Å². The molecule has 1 atom stereocenters. The fourth-order valence-electron chi connectivity index (χ4n) is 3.84. The van der Waals surface area contributed by atoms with E-state index in [0.29, 0.717) is 30.6 Å². The molecule has 0 saturated heterocycles. The van der Waals surface area contributed by atoms with E-state index in [0.717, 1.165) is 12.8 Å². The van der Waals surface area contributed by atoms with Crippen molar-refractivity contribution in [1.29, 1.82) is 0 Å². The molecule has 0 radical (unpaired) electrons. The van der Waals surface area contributed by atoms with Crippen LogP contribution in [-0.4, -0.2) is 27.9 Å². The molecule has 1 aromatic carbocycles. The summed E-state index contributed by atoms with van der Waals surface area (Å²) in [5.41, 5.74) is 6.22. The molecule has 3 rings (SSSR count). The van der Waals surface area contributed by atoms with E-state index in [-0.39, 0.29) is 36.3 Å². The number of rotatable bonds is 8. The van der Waals surface area contributed by atoms with E-state index < -0.39 is 17.2 Å². The maximum Gasteiger partial charge on any atom is 0.330 e. The highest BCUT2D eigenvalue weighted by atomic mass is 16.2. The Morgan fingerprint density at radius 3 is 2.58 bits per heavy atom. The van der Waals surface area contributed by atoms with Crippen LogP contribution in [0, 0.1) is 0 Å². The molecular formula is C22H29N5O4. The number of aromatic amines is 1. The van der Waals surface area contributed by atoms with Crippen LogP contribution in [0.1, 0.15) is 57.4 Å². The fraction of sp³-hybridized carbons (Fsp3) is 0.455. The van der Waals surface area contributed by atoms with Crippen LogP contribution in [0.15, 0.2) is 33.9 Å². The van der Waals surface area contributed by atoms with Gasteiger partial charge in [-0.1, -0.05) is 44.9 Å². The summed E-state index contributed by atoms with van der Waals surface area (Å²) in [4.78, 5) is 54.6. The molecule has 0 fully saturated rings. The second-order valence-electron chi connectivity index (χ2n) is 7.73. The fourth-order valence-corrected chi connectivity index (χ4v) is 3.84. The second-order valence-corrected chi connectivity index (χ2v) is 7.73. The molecule has 1 aliphatic heterocycles. The molecule has 9 nitrogen and oxygen atoms in total. The third-order valence-corrected chi connectivity index (χ3v) is 5.52. The largest absolute Gasteiger partial charge is 0.383 e. The van der Waals surface area contributed by atoms with Crippen molar-refractivity contribution < 1.29 is 9.59 Å². The number of carbonyl (C=O) groups excluding carboxylic acids is 2. The molecule has 0 spiro atoms. The number of unbranched alkanes of at least 4 members (excludes halogenated alkanes) is 2. The first kappa shape index (κ1) is 22.3. The van der Waals surface area contributed by atoms with Gasteiger partial charge in [-0.2, -0.15) is 0 Å². The Kier molecular flexibility index (Phi) is 6.94. The minimum Gasteiger partial charge on any atom is -0.383 e. The van der Waals surface area contributed by atoms with Crippen LogP contribution >= 0.6 is 0 Å². The van der Waals surface area contributed by atoms with Crippen molar-refractivity contribution in [3.63, 3.8) is 0 Å². The lowest BCUT2D eigenvalue weighted by molar-refractivity contribution is -0.124. The number of nitrogen functional groups attached to an aromatic ring is 1. The number of anilines is 3. The first-order valence-electron chi connectivity index (χ1n) is 10.7. The third kappa shape index (κ3) is 4.55. The number of fused-ring (bicyclic) bond motifs is 1. The predicted molar refractivity (Wildman–Crippen MR) is 120 cm³/mol. The lowest BCUT2D eigenvalue weighted by Crippen LogP contribution is -2.44. The molecule has 1 unspecified atom stereocenters. The Bertz CT molecular complexity index is 1090. The number of para-hydroxylation sites is 1. The average molecular weight is 428 g/mol. The maximum absolute atomic E-state index is 13.7. The number of aromatic nitrogens is 2. The summed E-state index contributed by atoms with van der Waals surface area (Å²) in [6.45, 7) is 4.56. The summed E-state index contributed by atoms with van der Waals surface area (Å²) >= 11 is 0. The SMILES string of the molecule is CCCCN(C(=O)C1CC(=O)Nc2ccccc21)c1c(N)n(CCCC)c(=O)[nH]c1=O. The van der Waals surface area contributed by atoms with Gasteiger partial charge in [-0.15, -0.1) is 0 Å². The Morgan fingerprint density at radius 1 is 1.16 bits per heavy atom. The van der Waals surface area contributed by atoms with Crippen LogP contribution < -0.4 is 27.2 Å². The zero-order valence-electron chi connectivity index (χ0n) is 17.9. The quantitative estimate of drug-likeness (QED) is 0.594. The first-order valence-corrected chi connectivity index (χ1v) is 10.7. The number of hydrogen-bond donors (Lipinski definition) is 3. The number of nitrogens with one attached hydrogen (secondary N) is 2. The zero-order valence-corrected chi connectivity index (χ0v) is 17.9. The number of nitrogens with two attached hydrogens (primary N) is 1. The molecule has 0 bridgehead atoms. The van der Waals surface area contributed by atoms with Crippen molar-refractivity contribution in [2.24, 2.45) is 0 Å². The predicted octanol–water partition coefficient (Wildman–Crippen LogP) is 2.18. The van der Waals surface area contributed by atoms with Gasteiger partial charge in [-0.25, -0.2) is 4.79 Å². The van der Waals surface area contributed by atoms with E-state index in [1.165, 1.54) is 9.47 Å². The minimum atomic E-state index is -0.739. The van der Waals surface area contributed by atoms with Crippen molar-refractivity contribution in [3.05, 3.63) is 50.7 Å². The number of carbonyl (C=O) groups is 2. The first-order chi connectivity index (χ1) is 14.9. The molecule has 31 heavy (non-hydrogen) atoms. The summed E-state index contributed by atoms with van der Waals surface area (Å²) in [7, 11) is 0. The normalized spacial score (nSPS) is 15.3. The molecule has 0 aliphatic carbocycles. The second kappa shape index (κ2) is 9.63. The van der Waals surface area contributed by atoms with Gasteiger partial charge in [-0.05, 0) is 24.5 Å². The van der Waals surface area contributed by atoms with E-state index >= 15 is 0 Å². The van der Waals surface area contributed by atoms with E-state index in [9.17, 15) is 19.2 Å². The molecule has 1 aliphatic rings. The molecular weight excluding hydrogens is 398 g/mol. The summed E-state index contributed by atoms with van der Waals surface area (Å²) < 4.78 is 1.30. The topological polar surface area (TPSA) is 130 Å². The summed E-state index contributed by atoms with van der Waals surface area (Å²) in [5, 5.41) is 2.78. The standard InChI is InChI=1S/C22H29N5O4/c1-3-5-11-26(18-19(23)27(12-6-4-2)22(31)25-20(18)29)21(30)15-13-17(28)24-16-10-8-7-9-14(15)16/h7-10,15H,3-6,11-13,23H2,1-2H3,(H,24,28)(H,25,29,31). The highest BCUT2D eigenvalue weighted by Crippen LogP contribution is 2.34. The van der Waals surface area contributed by atoms with E-state index in [1.54, 1.807) is 24.3 Å². The Labute approximate surface area is 180 Å². The lowest BCUT2D eigenvalue weighted by Gasteiger charge is -2.31. The number of H-pyrrole nitrogens is 1. The molecule has 2 aromatic rings. The van der Waals surface area contributed by atoms with Crippen molar-refractivity contribution in [1.82, 2.24) is 9.55 Å². The van der Waals surface area contributed by atoms with Crippen molar-refractivity contribution in [3.8, 4) is 0 Å². The van der Waals surface area contributed by atoms with Crippen molar-refractivity contribution in [2.75, 3.05) is 22.5 Å². The number of nitrogens with zero attached hydrogens (tertiary/aromatic N) is 2. The Hall–Kier alpha value is -3.36. The lowest BCUT2D eigenvalue weighted by atomic mass is 9.89. The number of hydrogen-bond acceptors (Lipinski definition) is 5. The molecule has 1 aromatic heterocycles. The Morgan fingerprint density at radius 2 is 1.87 bits per heavy atom. The monoisotopic (exact) mass is 427 g/mol. The number of amides is 2. The molecule has 0 saturated carbocycles. The van der Waals surface area contributed by atoms with E-state index in [1.807, 2.05) is 13.8 Å². The molecule has 2 heterocycles. The highest BCUT2D eigenvalue weighted by molar-refractivity contribution is 6.06.